The Morgan fingerprint density at radius 3 is 2.80 bits per heavy atom. The van der Waals surface area contributed by atoms with Crippen LogP contribution in [-0.2, 0) is 14.2 Å². The molecule has 1 atom stereocenters. The maximum atomic E-state index is 12.3. The number of ketones is 1. The van der Waals surface area contributed by atoms with Crippen molar-refractivity contribution in [2.45, 2.75) is 13.2 Å². The van der Waals surface area contributed by atoms with E-state index >= 15 is 0 Å². The first-order valence-electron chi connectivity index (χ1n) is 7.45. The average molecular weight is 342 g/mol. The van der Waals surface area contributed by atoms with Crippen LogP contribution < -0.4 is 4.74 Å². The predicted molar refractivity (Wildman–Crippen MR) is 83.4 cm³/mol. The number of hydrogen-bond acceptors (Lipinski definition) is 8. The van der Waals surface area contributed by atoms with Crippen molar-refractivity contribution in [2.75, 3.05) is 6.61 Å². The third-order valence-electron chi connectivity index (χ3n) is 3.15. The molecule has 0 spiro atoms. The molecule has 0 aliphatic carbocycles. The largest absolute Gasteiger partial charge is 0.462 e. The molecule has 1 unspecified atom stereocenters. The second kappa shape index (κ2) is 7.43. The molecule has 1 aliphatic rings. The minimum atomic E-state index is -1.16. The summed E-state index contributed by atoms with van der Waals surface area (Å²) >= 11 is 0. The van der Waals surface area contributed by atoms with Crippen LogP contribution in [0.3, 0.4) is 0 Å². The molecule has 0 bridgehead atoms. The lowest BCUT2D eigenvalue weighted by atomic mass is 10.1. The van der Waals surface area contributed by atoms with Gasteiger partial charge in [-0.3, -0.25) is 4.79 Å². The van der Waals surface area contributed by atoms with Gasteiger partial charge < -0.3 is 18.9 Å². The summed E-state index contributed by atoms with van der Waals surface area (Å²) in [7, 11) is 0. The number of ether oxygens (including phenoxy) is 4. The molecule has 2 heterocycles. The van der Waals surface area contributed by atoms with Crippen molar-refractivity contribution in [2.24, 2.45) is 0 Å². The lowest BCUT2D eigenvalue weighted by molar-refractivity contribution is -0.0332. The van der Waals surface area contributed by atoms with E-state index in [1.165, 1.54) is 12.5 Å². The van der Waals surface area contributed by atoms with Crippen LogP contribution >= 0.6 is 0 Å². The molecule has 1 aromatic heterocycles. The van der Waals surface area contributed by atoms with Crippen LogP contribution in [0.2, 0.25) is 0 Å². The molecule has 0 saturated carbocycles. The van der Waals surface area contributed by atoms with E-state index in [1.54, 1.807) is 37.3 Å². The van der Waals surface area contributed by atoms with E-state index in [1.807, 2.05) is 0 Å². The third kappa shape index (κ3) is 3.74. The van der Waals surface area contributed by atoms with Crippen molar-refractivity contribution in [3.8, 4) is 5.88 Å². The molecule has 0 N–H and O–H groups in total. The van der Waals surface area contributed by atoms with E-state index in [9.17, 15) is 9.59 Å². The molecule has 2 aromatic rings. The number of benzene rings is 1. The van der Waals surface area contributed by atoms with E-state index < -0.39 is 12.3 Å². The van der Waals surface area contributed by atoms with Gasteiger partial charge in [0.25, 0.3) is 0 Å². The van der Waals surface area contributed by atoms with Crippen LogP contribution in [0.25, 0.3) is 0 Å². The van der Waals surface area contributed by atoms with Crippen molar-refractivity contribution < 1.29 is 28.5 Å². The predicted octanol–water partition coefficient (Wildman–Crippen LogP) is 2.09. The number of carbonyl (C=O) groups is 2. The molecule has 8 nitrogen and oxygen atoms in total. The Balaban J connectivity index is 1.68. The van der Waals surface area contributed by atoms with Gasteiger partial charge in [-0.2, -0.15) is 0 Å². The number of aromatic nitrogens is 2. The highest BCUT2D eigenvalue weighted by atomic mass is 16.8. The van der Waals surface area contributed by atoms with Crippen molar-refractivity contribution in [3.63, 3.8) is 0 Å². The SMILES string of the molecule is CCOC(=O)c1cncnc1OC1=COC(C(=O)c2ccccc2)O1. The molecule has 1 aromatic carbocycles. The van der Waals surface area contributed by atoms with Crippen molar-refractivity contribution in [1.29, 1.82) is 0 Å². The summed E-state index contributed by atoms with van der Waals surface area (Å²) in [5, 5.41) is 0. The van der Waals surface area contributed by atoms with Crippen LogP contribution in [0.5, 0.6) is 5.88 Å². The minimum absolute atomic E-state index is 0.0340. The van der Waals surface area contributed by atoms with E-state index in [4.69, 9.17) is 18.9 Å². The number of rotatable bonds is 6. The number of nitrogens with zero attached hydrogens (tertiary/aromatic N) is 2. The Hall–Kier alpha value is -3.42. The van der Waals surface area contributed by atoms with Gasteiger partial charge >= 0.3 is 18.2 Å². The smallest absolute Gasteiger partial charge is 0.345 e. The second-order valence-corrected chi connectivity index (χ2v) is 4.82. The van der Waals surface area contributed by atoms with E-state index in [0.717, 1.165) is 6.26 Å². The van der Waals surface area contributed by atoms with Crippen LogP contribution in [0.1, 0.15) is 27.6 Å². The molecule has 8 heteroatoms. The summed E-state index contributed by atoms with van der Waals surface area (Å²) in [6.07, 6.45) is 2.46. The zero-order valence-electron chi connectivity index (χ0n) is 13.2. The molecule has 3 rings (SSSR count). The van der Waals surface area contributed by atoms with Gasteiger partial charge in [-0.05, 0) is 6.92 Å². The summed E-state index contributed by atoms with van der Waals surface area (Å²) in [5.41, 5.74) is 0.475. The maximum absolute atomic E-state index is 12.3. The number of esters is 1. The summed E-state index contributed by atoms with van der Waals surface area (Å²) in [4.78, 5) is 31.8. The third-order valence-corrected chi connectivity index (χ3v) is 3.15. The van der Waals surface area contributed by atoms with Crippen molar-refractivity contribution in [1.82, 2.24) is 9.97 Å². The average Bonchev–Trinajstić information content (AvgIpc) is 3.11. The lowest BCUT2D eigenvalue weighted by Gasteiger charge is -2.11. The fourth-order valence-corrected chi connectivity index (χ4v) is 2.02. The van der Waals surface area contributed by atoms with Crippen molar-refractivity contribution >= 4 is 11.8 Å². The lowest BCUT2D eigenvalue weighted by Crippen LogP contribution is -2.22. The Bertz CT molecular complexity index is 806. The zero-order chi connectivity index (χ0) is 17.6. The van der Waals surface area contributed by atoms with E-state index in [-0.39, 0.29) is 29.8 Å². The van der Waals surface area contributed by atoms with Crippen LogP contribution in [0.15, 0.2) is 55.1 Å². The normalized spacial score (nSPS) is 15.6. The van der Waals surface area contributed by atoms with Gasteiger partial charge in [0.2, 0.25) is 11.7 Å². The molecular formula is C17H14N2O6. The fraction of sp³-hybridized carbons (Fsp3) is 0.176. The van der Waals surface area contributed by atoms with Gasteiger partial charge in [-0.1, -0.05) is 30.3 Å². The Labute approximate surface area is 143 Å². The quantitative estimate of drug-likeness (QED) is 0.581. The Morgan fingerprint density at radius 2 is 2.04 bits per heavy atom. The first-order valence-corrected chi connectivity index (χ1v) is 7.45. The molecule has 0 amide bonds. The van der Waals surface area contributed by atoms with E-state index in [0.29, 0.717) is 5.56 Å². The minimum Gasteiger partial charge on any atom is -0.462 e. The standard InChI is InChI=1S/C17H14N2O6/c1-2-22-16(21)12-8-18-10-19-15(12)24-13-9-23-17(25-13)14(20)11-6-4-3-5-7-11/h3-10,17H,2H2,1H3. The van der Waals surface area contributed by atoms with Gasteiger partial charge in [-0.15, -0.1) is 0 Å². The monoisotopic (exact) mass is 342 g/mol. The van der Waals surface area contributed by atoms with Gasteiger partial charge in [0.1, 0.15) is 11.9 Å². The summed E-state index contributed by atoms with van der Waals surface area (Å²) in [6.45, 7) is 1.88. The first-order chi connectivity index (χ1) is 12.2. The molecule has 1 aliphatic heterocycles. The molecular weight excluding hydrogens is 328 g/mol. The van der Waals surface area contributed by atoms with Crippen LogP contribution in [-0.4, -0.2) is 34.6 Å². The molecule has 25 heavy (non-hydrogen) atoms. The molecule has 0 saturated heterocycles. The van der Waals surface area contributed by atoms with Gasteiger partial charge in [0.05, 0.1) is 6.61 Å². The molecule has 128 valence electrons. The zero-order valence-corrected chi connectivity index (χ0v) is 13.2. The highest BCUT2D eigenvalue weighted by Gasteiger charge is 2.30. The highest BCUT2D eigenvalue weighted by Crippen LogP contribution is 2.23. The van der Waals surface area contributed by atoms with Gasteiger partial charge in [0.15, 0.2) is 6.26 Å². The summed E-state index contributed by atoms with van der Waals surface area (Å²) in [6, 6.07) is 8.57. The molecule has 0 radical (unpaired) electrons. The number of Topliss-reactive ketones (excluding diaryl/α,β-unsaturated/α-hetero) is 1. The number of hydrogen-bond donors (Lipinski definition) is 0. The number of carbonyl (C=O) groups excluding carboxylic acids is 2. The Morgan fingerprint density at radius 1 is 1.24 bits per heavy atom. The van der Waals surface area contributed by atoms with Crippen LogP contribution in [0, 0.1) is 0 Å². The topological polar surface area (TPSA) is 96.8 Å². The first kappa shape index (κ1) is 16.4. The summed E-state index contributed by atoms with van der Waals surface area (Å²) < 4.78 is 20.8. The van der Waals surface area contributed by atoms with Gasteiger partial charge in [0, 0.05) is 11.8 Å². The maximum Gasteiger partial charge on any atom is 0.345 e. The summed E-state index contributed by atoms with van der Waals surface area (Å²) in [5.74, 6) is -1.15. The van der Waals surface area contributed by atoms with Crippen LogP contribution in [0.4, 0.5) is 0 Å². The van der Waals surface area contributed by atoms with Crippen molar-refractivity contribution in [3.05, 3.63) is 66.2 Å². The molecule has 0 fully saturated rings. The van der Waals surface area contributed by atoms with Gasteiger partial charge in [-0.25, -0.2) is 14.8 Å². The highest BCUT2D eigenvalue weighted by molar-refractivity contribution is 5.98. The van der Waals surface area contributed by atoms with E-state index in [2.05, 4.69) is 9.97 Å². The second-order valence-electron chi connectivity index (χ2n) is 4.82. The Kier molecular flexibility index (Phi) is 4.89. The fourth-order valence-electron chi connectivity index (χ4n) is 2.02.